The van der Waals surface area contributed by atoms with Crippen LogP contribution in [0, 0.1) is 0 Å². The summed E-state index contributed by atoms with van der Waals surface area (Å²) in [4.78, 5) is 2.25. The van der Waals surface area contributed by atoms with Gasteiger partial charge in [-0.3, -0.25) is 0 Å². The van der Waals surface area contributed by atoms with Gasteiger partial charge in [0.2, 0.25) is 0 Å². The third-order valence-corrected chi connectivity index (χ3v) is 2.94. The third-order valence-electron chi connectivity index (χ3n) is 2.94. The van der Waals surface area contributed by atoms with Crippen LogP contribution in [0.5, 0.6) is 0 Å². The van der Waals surface area contributed by atoms with Crippen LogP contribution in [0.2, 0.25) is 0 Å². The number of nitrogens with zero attached hydrogens (tertiary/aromatic N) is 1. The molecule has 0 heterocycles. The average Bonchev–Trinajstić information content (AvgIpc) is 2.34. The first-order chi connectivity index (χ1) is 8.11. The Morgan fingerprint density at radius 3 is 2.53 bits per heavy atom. The maximum absolute atomic E-state index is 10.1. The van der Waals surface area contributed by atoms with Crippen molar-refractivity contribution in [3.05, 3.63) is 42.5 Å². The lowest BCUT2D eigenvalue weighted by Gasteiger charge is -2.30. The highest BCUT2D eigenvalue weighted by molar-refractivity contribution is 5.55. The molecule has 1 aromatic rings. The molecule has 0 fully saturated rings. The number of aliphatic hydroxyl groups is 1. The van der Waals surface area contributed by atoms with Crippen molar-refractivity contribution in [1.29, 1.82) is 0 Å². The van der Waals surface area contributed by atoms with E-state index in [1.54, 1.807) is 0 Å². The number of aliphatic hydroxyl groups excluding tert-OH is 1. The zero-order valence-corrected chi connectivity index (χ0v) is 11.1. The summed E-state index contributed by atoms with van der Waals surface area (Å²) >= 11 is 0. The number of hydrogen-bond acceptors (Lipinski definition) is 2. The molecule has 2 nitrogen and oxygen atoms in total. The fourth-order valence-electron chi connectivity index (χ4n) is 1.98. The van der Waals surface area contributed by atoms with Crippen molar-refractivity contribution in [3.8, 4) is 0 Å². The summed E-state index contributed by atoms with van der Waals surface area (Å²) in [6.07, 6.45) is 2.24. The van der Waals surface area contributed by atoms with E-state index in [1.165, 1.54) is 0 Å². The van der Waals surface area contributed by atoms with Crippen LogP contribution < -0.4 is 4.90 Å². The Labute approximate surface area is 105 Å². The van der Waals surface area contributed by atoms with Crippen molar-refractivity contribution in [2.45, 2.75) is 39.3 Å². The quantitative estimate of drug-likeness (QED) is 0.760. The maximum Gasteiger partial charge on any atom is 0.0807 e. The van der Waals surface area contributed by atoms with Gasteiger partial charge in [-0.2, -0.15) is 0 Å². The highest BCUT2D eigenvalue weighted by atomic mass is 16.3. The van der Waals surface area contributed by atoms with Gasteiger partial charge >= 0.3 is 0 Å². The molecule has 0 radical (unpaired) electrons. The predicted octanol–water partition coefficient (Wildman–Crippen LogP) is 3.53. The van der Waals surface area contributed by atoms with Crippen molar-refractivity contribution in [2.75, 3.05) is 11.4 Å². The van der Waals surface area contributed by atoms with E-state index in [0.29, 0.717) is 6.04 Å². The SMILES string of the molecule is C=CCN(c1ccccc1[C@@H](O)CC)C(C)C. The number of rotatable bonds is 6. The van der Waals surface area contributed by atoms with E-state index in [4.69, 9.17) is 0 Å². The molecule has 94 valence electrons. The van der Waals surface area contributed by atoms with Crippen LogP contribution in [0.4, 0.5) is 5.69 Å². The van der Waals surface area contributed by atoms with Gasteiger partial charge in [0.25, 0.3) is 0 Å². The first kappa shape index (κ1) is 13.8. The molecule has 0 amide bonds. The molecule has 0 unspecified atom stereocenters. The topological polar surface area (TPSA) is 23.5 Å². The van der Waals surface area contributed by atoms with Gasteiger partial charge in [-0.1, -0.05) is 31.2 Å². The van der Waals surface area contributed by atoms with Gasteiger partial charge < -0.3 is 10.0 Å². The van der Waals surface area contributed by atoms with Gasteiger partial charge in [0.15, 0.2) is 0 Å². The van der Waals surface area contributed by atoms with E-state index in [2.05, 4.69) is 31.4 Å². The van der Waals surface area contributed by atoms with Crippen LogP contribution in [-0.2, 0) is 0 Å². The molecule has 17 heavy (non-hydrogen) atoms. The molecule has 0 aliphatic carbocycles. The number of benzene rings is 1. The van der Waals surface area contributed by atoms with Crippen LogP contribution >= 0.6 is 0 Å². The fourth-order valence-corrected chi connectivity index (χ4v) is 1.98. The number of hydrogen-bond donors (Lipinski definition) is 1. The normalized spacial score (nSPS) is 12.5. The van der Waals surface area contributed by atoms with Crippen molar-refractivity contribution in [1.82, 2.24) is 0 Å². The molecular weight excluding hydrogens is 210 g/mol. The van der Waals surface area contributed by atoms with Crippen molar-refractivity contribution >= 4 is 5.69 Å². The zero-order valence-electron chi connectivity index (χ0n) is 11.1. The summed E-state index contributed by atoms with van der Waals surface area (Å²) in [5.74, 6) is 0. The van der Waals surface area contributed by atoms with Crippen LogP contribution in [0.25, 0.3) is 0 Å². The Morgan fingerprint density at radius 2 is 2.00 bits per heavy atom. The fraction of sp³-hybridized carbons (Fsp3) is 0.467. The van der Waals surface area contributed by atoms with Gasteiger partial charge in [-0.15, -0.1) is 6.58 Å². The highest BCUT2D eigenvalue weighted by Crippen LogP contribution is 2.29. The smallest absolute Gasteiger partial charge is 0.0807 e. The summed E-state index contributed by atoms with van der Waals surface area (Å²) in [7, 11) is 0. The minimum atomic E-state index is -0.391. The van der Waals surface area contributed by atoms with Crippen molar-refractivity contribution in [3.63, 3.8) is 0 Å². The molecule has 2 heteroatoms. The Morgan fingerprint density at radius 1 is 1.35 bits per heavy atom. The Balaban J connectivity index is 3.13. The molecule has 1 rings (SSSR count). The lowest BCUT2D eigenvalue weighted by atomic mass is 10.0. The summed E-state index contributed by atoms with van der Waals surface area (Å²) in [6.45, 7) is 10.9. The van der Waals surface area contributed by atoms with Crippen LogP contribution in [0.1, 0.15) is 38.9 Å². The van der Waals surface area contributed by atoms with E-state index < -0.39 is 6.10 Å². The average molecular weight is 233 g/mol. The van der Waals surface area contributed by atoms with Crippen LogP contribution in [-0.4, -0.2) is 17.7 Å². The monoisotopic (exact) mass is 233 g/mol. The molecule has 0 aliphatic heterocycles. The molecule has 0 saturated carbocycles. The second kappa shape index (κ2) is 6.45. The summed E-state index contributed by atoms with van der Waals surface area (Å²) < 4.78 is 0. The molecule has 0 spiro atoms. The highest BCUT2D eigenvalue weighted by Gasteiger charge is 2.16. The van der Waals surface area contributed by atoms with Gasteiger partial charge in [-0.25, -0.2) is 0 Å². The summed E-state index contributed by atoms with van der Waals surface area (Å²) in [5.41, 5.74) is 2.11. The summed E-state index contributed by atoms with van der Waals surface area (Å²) in [5, 5.41) is 10.1. The molecule has 1 N–H and O–H groups in total. The van der Waals surface area contributed by atoms with Gasteiger partial charge in [0.05, 0.1) is 6.10 Å². The van der Waals surface area contributed by atoms with Crippen LogP contribution in [0.3, 0.4) is 0 Å². The molecule has 0 saturated heterocycles. The van der Waals surface area contributed by atoms with E-state index in [0.717, 1.165) is 24.2 Å². The van der Waals surface area contributed by atoms with E-state index >= 15 is 0 Å². The number of anilines is 1. The molecule has 0 aliphatic rings. The van der Waals surface area contributed by atoms with Gasteiger partial charge in [-0.05, 0) is 26.3 Å². The third kappa shape index (κ3) is 3.34. The van der Waals surface area contributed by atoms with E-state index in [9.17, 15) is 5.11 Å². The lowest BCUT2D eigenvalue weighted by molar-refractivity contribution is 0.174. The van der Waals surface area contributed by atoms with Gasteiger partial charge in [0.1, 0.15) is 0 Å². The van der Waals surface area contributed by atoms with Crippen molar-refractivity contribution in [2.24, 2.45) is 0 Å². The largest absolute Gasteiger partial charge is 0.388 e. The molecular formula is C15H23NO. The molecule has 0 aromatic heterocycles. The molecule has 1 atom stereocenters. The predicted molar refractivity (Wildman–Crippen MR) is 74.4 cm³/mol. The van der Waals surface area contributed by atoms with Crippen LogP contribution in [0.15, 0.2) is 36.9 Å². The minimum absolute atomic E-state index is 0.387. The Kier molecular flexibility index (Phi) is 5.23. The van der Waals surface area contributed by atoms with E-state index in [1.807, 2.05) is 31.2 Å². The minimum Gasteiger partial charge on any atom is -0.388 e. The maximum atomic E-state index is 10.1. The van der Waals surface area contributed by atoms with E-state index in [-0.39, 0.29) is 0 Å². The van der Waals surface area contributed by atoms with Gasteiger partial charge in [0, 0.05) is 23.8 Å². The summed E-state index contributed by atoms with van der Waals surface area (Å²) in [6, 6.07) is 8.45. The molecule has 1 aromatic carbocycles. The zero-order chi connectivity index (χ0) is 12.8. The molecule has 0 bridgehead atoms. The second-order valence-corrected chi connectivity index (χ2v) is 4.52. The first-order valence-corrected chi connectivity index (χ1v) is 6.26. The van der Waals surface area contributed by atoms with Crippen molar-refractivity contribution < 1.29 is 5.11 Å². The standard InChI is InChI=1S/C15H23NO/c1-5-11-16(12(3)4)14-10-8-7-9-13(14)15(17)6-2/h5,7-10,12,15,17H,1,6,11H2,2-4H3/t15-/m0/s1. The lowest BCUT2D eigenvalue weighted by Crippen LogP contribution is -2.31. The Bertz CT molecular complexity index is 360. The number of para-hydroxylation sites is 1. The second-order valence-electron chi connectivity index (χ2n) is 4.52. The first-order valence-electron chi connectivity index (χ1n) is 6.26. The Hall–Kier alpha value is -1.28.